The van der Waals surface area contributed by atoms with Crippen LogP contribution >= 0.6 is 10.7 Å². The van der Waals surface area contributed by atoms with Crippen LogP contribution in [0.4, 0.5) is 0 Å². The number of carbonyl (C=O) groups is 4. The third kappa shape index (κ3) is 29.2. The van der Waals surface area contributed by atoms with Gasteiger partial charge in [0, 0.05) is 23.5 Å². The van der Waals surface area contributed by atoms with Crippen molar-refractivity contribution in [3.63, 3.8) is 0 Å². The van der Waals surface area contributed by atoms with Crippen molar-refractivity contribution in [3.05, 3.63) is 52.7 Å². The third-order valence-corrected chi connectivity index (χ3v) is 13.3. The minimum Gasteiger partial charge on any atom is -0.508 e. The minimum absolute atomic E-state index is 0.0763. The van der Waals surface area contributed by atoms with Crippen molar-refractivity contribution < 1.29 is 72.1 Å². The molecular weight excluding hydrogens is 932 g/mol. The van der Waals surface area contributed by atoms with E-state index in [-0.39, 0.29) is 35.2 Å². The molecule has 0 saturated heterocycles. The molecule has 1 aromatic carbocycles. The maximum Gasteiger partial charge on any atom is 0.377 e. The average Bonchev–Trinajstić information content (AvgIpc) is 3.74. The molecule has 2 aliphatic rings. The highest BCUT2D eigenvalue weighted by atomic mass is 35.7. The number of halogens is 1. The first-order valence-corrected chi connectivity index (χ1v) is 27.9. The molecule has 2 heterocycles. The Hall–Kier alpha value is -3.86. The number of aliphatic hydroxyl groups is 5. The van der Waals surface area contributed by atoms with Crippen LogP contribution in [-0.4, -0.2) is 95.5 Å². The van der Waals surface area contributed by atoms with Gasteiger partial charge in [-0.1, -0.05) is 186 Å². The van der Waals surface area contributed by atoms with Crippen LogP contribution < -0.4 is 0 Å². The van der Waals surface area contributed by atoms with Crippen LogP contribution in [0.1, 0.15) is 206 Å². The van der Waals surface area contributed by atoms with E-state index in [2.05, 4.69) is 18.6 Å². The molecule has 4 atom stereocenters. The molecule has 2 aliphatic heterocycles. The number of carbonyl (C=O) groups excluding carboxylic acids is 4. The summed E-state index contributed by atoms with van der Waals surface area (Å²) in [4.78, 5) is 46.0. The van der Waals surface area contributed by atoms with E-state index in [1.807, 2.05) is 6.92 Å². The largest absolute Gasteiger partial charge is 0.508 e. The summed E-state index contributed by atoms with van der Waals surface area (Å²) in [5.41, 5.74) is 1.08. The normalized spacial score (nSPS) is 16.5. The number of unbranched alkanes of at least 4 members (excludes halogenated alkanes) is 24. The van der Waals surface area contributed by atoms with Gasteiger partial charge in [-0.15, -0.1) is 0 Å². The minimum atomic E-state index is -3.55. The third-order valence-electron chi connectivity index (χ3n) is 11.9. The molecule has 0 amide bonds. The maximum atomic E-state index is 11.8. The van der Waals surface area contributed by atoms with Crippen LogP contribution in [0.15, 0.2) is 52.0 Å². The number of aliphatic hydroxyl groups excluding tert-OH is 5. The second-order valence-electron chi connectivity index (χ2n) is 18.1. The van der Waals surface area contributed by atoms with E-state index >= 15 is 0 Å². The Balaban J connectivity index is 0.000000566. The Morgan fingerprint density at radius 3 is 1.16 bits per heavy atom. The number of esters is 4. The first kappa shape index (κ1) is 63.2. The van der Waals surface area contributed by atoms with E-state index in [9.17, 15) is 53.1 Å². The summed E-state index contributed by atoms with van der Waals surface area (Å²) >= 11 is 0. The standard InChI is InChI=1S/C23H40O6.C22H38O7.C7H7ClO2S/c1-3-4-5-6-7-8-9-10-11-12-13-14-15-16-20(25)28-17-19(24)22-21(26)18(2)23(27)29-22;1-2-3-4-5-6-7-8-9-10-11-12-13-14-15-18(24)28-16-17(23)21-19(25)20(26)22(27)29-21;1-6-2-4-7(5-3-6)11(8,9)10/h19,22,24,26H,3-17H2,1-2H3;17,21,23,25-26H,2-16H2,1H3;2-5H,1H3/t19-,22+;17-,21+;/m00./s1. The summed E-state index contributed by atoms with van der Waals surface area (Å²) in [6.45, 7) is 7.07. The summed E-state index contributed by atoms with van der Waals surface area (Å²) in [7, 11) is 1.54. The van der Waals surface area contributed by atoms with Gasteiger partial charge in [-0.25, -0.2) is 18.0 Å². The topological polar surface area (TPSA) is 240 Å². The molecule has 17 heteroatoms. The lowest BCUT2D eigenvalue weighted by atomic mass is 10.0. The number of rotatable bonds is 35. The Morgan fingerprint density at radius 1 is 0.551 bits per heavy atom. The van der Waals surface area contributed by atoms with Crippen molar-refractivity contribution in [1.82, 2.24) is 0 Å². The molecule has 15 nitrogen and oxygen atoms in total. The summed E-state index contributed by atoms with van der Waals surface area (Å²) in [6, 6.07) is 6.37. The number of hydrogen-bond acceptors (Lipinski definition) is 15. The van der Waals surface area contributed by atoms with Gasteiger partial charge in [0.25, 0.3) is 9.05 Å². The van der Waals surface area contributed by atoms with Crippen molar-refractivity contribution in [3.8, 4) is 0 Å². The molecule has 3 rings (SSSR count). The van der Waals surface area contributed by atoms with Gasteiger partial charge in [0.15, 0.2) is 18.0 Å². The van der Waals surface area contributed by atoms with Crippen LogP contribution in [0.5, 0.6) is 0 Å². The predicted molar refractivity (Wildman–Crippen MR) is 266 cm³/mol. The van der Waals surface area contributed by atoms with E-state index in [1.165, 1.54) is 147 Å². The zero-order valence-electron chi connectivity index (χ0n) is 41.9. The van der Waals surface area contributed by atoms with Crippen LogP contribution in [0.25, 0.3) is 0 Å². The van der Waals surface area contributed by atoms with Gasteiger partial charge in [0.05, 0.1) is 10.5 Å². The fraction of sp³-hybridized carbons (Fsp3) is 0.731. The first-order valence-electron chi connectivity index (χ1n) is 25.6. The van der Waals surface area contributed by atoms with Gasteiger partial charge >= 0.3 is 23.9 Å². The van der Waals surface area contributed by atoms with Crippen molar-refractivity contribution in [1.29, 1.82) is 0 Å². The van der Waals surface area contributed by atoms with Gasteiger partial charge in [0.2, 0.25) is 5.76 Å². The monoisotopic (exact) mass is 1020 g/mol. The van der Waals surface area contributed by atoms with Gasteiger partial charge in [-0.3, -0.25) is 9.59 Å². The van der Waals surface area contributed by atoms with E-state index in [1.54, 1.807) is 12.1 Å². The quantitative estimate of drug-likeness (QED) is 0.0184. The summed E-state index contributed by atoms with van der Waals surface area (Å²) in [6.07, 6.45) is 27.5. The van der Waals surface area contributed by atoms with Crippen LogP contribution in [0, 0.1) is 6.92 Å². The lowest BCUT2D eigenvalue weighted by Gasteiger charge is -2.17. The molecular formula is C52H85ClO15S. The van der Waals surface area contributed by atoms with Crippen LogP contribution in [-0.2, 0) is 47.2 Å². The number of cyclic esters (lactones) is 2. The molecule has 0 unspecified atom stereocenters. The lowest BCUT2D eigenvalue weighted by Crippen LogP contribution is -2.33. The van der Waals surface area contributed by atoms with Gasteiger partial charge in [0.1, 0.15) is 31.2 Å². The SMILES string of the molecule is CCCCCCCCCCCCCCCC(=O)OC[C@H](O)[C@H]1OC(=O)C(C)=C1O.CCCCCCCCCCCCCCCC(=O)OC[C@H](O)[C@H]1OC(=O)C(O)=C1O.Cc1ccc(S(=O)(=O)Cl)cc1. The van der Waals surface area contributed by atoms with Crippen molar-refractivity contribution >= 4 is 43.6 Å². The fourth-order valence-electron chi connectivity index (χ4n) is 7.52. The van der Waals surface area contributed by atoms with Gasteiger partial charge < -0.3 is 44.5 Å². The number of hydrogen-bond donors (Lipinski definition) is 5. The Labute approximate surface area is 416 Å². The van der Waals surface area contributed by atoms with E-state index in [4.69, 9.17) is 24.9 Å². The zero-order valence-corrected chi connectivity index (χ0v) is 43.5. The van der Waals surface area contributed by atoms with Crippen molar-refractivity contribution in [2.75, 3.05) is 13.2 Å². The zero-order chi connectivity index (χ0) is 51.5. The molecule has 0 radical (unpaired) electrons. The number of benzene rings is 1. The maximum absolute atomic E-state index is 11.8. The molecule has 0 saturated carbocycles. The molecule has 69 heavy (non-hydrogen) atoms. The molecule has 0 bridgehead atoms. The molecule has 5 N–H and O–H groups in total. The van der Waals surface area contributed by atoms with Crippen molar-refractivity contribution in [2.24, 2.45) is 0 Å². The van der Waals surface area contributed by atoms with Gasteiger partial charge in [-0.2, -0.15) is 0 Å². The first-order chi connectivity index (χ1) is 32.9. The van der Waals surface area contributed by atoms with Crippen LogP contribution in [0.2, 0.25) is 0 Å². The second kappa shape index (κ2) is 37.9. The molecule has 0 aromatic heterocycles. The number of ether oxygens (including phenoxy) is 4. The highest BCUT2D eigenvalue weighted by Gasteiger charge is 2.40. The van der Waals surface area contributed by atoms with Crippen LogP contribution in [0.3, 0.4) is 0 Å². The summed E-state index contributed by atoms with van der Waals surface area (Å²) < 4.78 is 40.9. The van der Waals surface area contributed by atoms with Crippen molar-refractivity contribution in [2.45, 2.75) is 237 Å². The molecule has 0 fully saturated rings. The molecule has 0 aliphatic carbocycles. The Kier molecular flexibility index (Phi) is 34.7. The average molecular weight is 1020 g/mol. The number of aryl methyl sites for hydroxylation is 1. The Bertz CT molecular complexity index is 1690. The lowest BCUT2D eigenvalue weighted by molar-refractivity contribution is -0.155. The van der Waals surface area contributed by atoms with Gasteiger partial charge in [-0.05, 0) is 38.8 Å². The molecule has 396 valence electrons. The van der Waals surface area contributed by atoms with E-state index in [0.717, 1.165) is 44.1 Å². The molecule has 1 aromatic rings. The highest BCUT2D eigenvalue weighted by Crippen LogP contribution is 2.24. The molecule has 0 spiro atoms. The fourth-order valence-corrected chi connectivity index (χ4v) is 8.29. The highest BCUT2D eigenvalue weighted by molar-refractivity contribution is 8.13. The Morgan fingerprint density at radius 2 is 0.870 bits per heavy atom. The second-order valence-corrected chi connectivity index (χ2v) is 20.7. The summed E-state index contributed by atoms with van der Waals surface area (Å²) in [5, 5.41) is 48.2. The van der Waals surface area contributed by atoms with E-state index < -0.39 is 69.5 Å². The summed E-state index contributed by atoms with van der Waals surface area (Å²) in [5.74, 6) is -4.55. The smallest absolute Gasteiger partial charge is 0.377 e. The predicted octanol–water partition coefficient (Wildman–Crippen LogP) is 11.7. The van der Waals surface area contributed by atoms with E-state index in [0.29, 0.717) is 6.42 Å².